The number of unbranched alkanes of at least 4 members (excludes halogenated alkanes) is 9. The fraction of sp³-hybridized carbons (Fsp3) is 0.927. The third-order valence-corrected chi connectivity index (χ3v) is 14.1. The molecule has 9 atom stereocenters. The Kier molecular flexibility index (Phi) is 13.2. The minimum atomic E-state index is 0.0600. The van der Waals surface area contributed by atoms with Crippen molar-refractivity contribution in [3.63, 3.8) is 0 Å². The molecule has 2 heteroatoms. The van der Waals surface area contributed by atoms with Gasteiger partial charge in [-0.25, -0.2) is 0 Å². The molecule has 4 aliphatic rings. The van der Waals surface area contributed by atoms with Gasteiger partial charge < -0.3 is 4.74 Å². The summed E-state index contributed by atoms with van der Waals surface area (Å²) >= 11 is 0. The number of esters is 1. The second kappa shape index (κ2) is 16.2. The molecule has 0 aromatic rings. The van der Waals surface area contributed by atoms with E-state index in [1.54, 1.807) is 5.57 Å². The van der Waals surface area contributed by atoms with Crippen molar-refractivity contribution in [2.45, 2.75) is 189 Å². The van der Waals surface area contributed by atoms with Gasteiger partial charge in [0.15, 0.2) is 0 Å². The van der Waals surface area contributed by atoms with E-state index in [0.29, 0.717) is 17.3 Å². The molecule has 3 saturated carbocycles. The summed E-state index contributed by atoms with van der Waals surface area (Å²) in [6.07, 6.45) is 29.6. The number of hydrogen-bond donors (Lipinski definition) is 0. The molecule has 3 fully saturated rings. The minimum absolute atomic E-state index is 0.0600. The molecular weight excluding hydrogens is 524 g/mol. The van der Waals surface area contributed by atoms with Gasteiger partial charge in [0.1, 0.15) is 6.10 Å². The van der Waals surface area contributed by atoms with Crippen molar-refractivity contribution < 1.29 is 9.53 Å². The van der Waals surface area contributed by atoms with Gasteiger partial charge in [-0.15, -0.1) is 0 Å². The third kappa shape index (κ3) is 8.52. The average molecular weight is 597 g/mol. The van der Waals surface area contributed by atoms with Crippen molar-refractivity contribution >= 4 is 5.97 Å². The largest absolute Gasteiger partial charge is 0.462 e. The van der Waals surface area contributed by atoms with Crippen molar-refractivity contribution in [2.24, 2.45) is 52.3 Å². The zero-order valence-electron chi connectivity index (χ0n) is 29.9. The standard InChI is InChI=1S/C41H72O2/c1-8-9-10-11-12-13-14-15-16-17-18-39(42)43-34-25-27-40(6)33(29-34)21-22-35-37-24-23-36(41(37,7)28-26-38(35)40)32(5)20-19-31(4)30(2)3/h21,30-32,34-38H,8-20,22-29H2,1-7H3. The lowest BCUT2D eigenvalue weighted by Gasteiger charge is -2.58. The molecule has 0 N–H and O–H groups in total. The Labute approximate surface area is 268 Å². The highest BCUT2D eigenvalue weighted by molar-refractivity contribution is 5.69. The lowest BCUT2D eigenvalue weighted by atomic mass is 9.47. The van der Waals surface area contributed by atoms with Gasteiger partial charge in [0.2, 0.25) is 0 Å². The molecule has 248 valence electrons. The van der Waals surface area contributed by atoms with Gasteiger partial charge in [-0.1, -0.05) is 131 Å². The predicted octanol–water partition coefficient (Wildman–Crippen LogP) is 12.5. The molecule has 0 aliphatic heterocycles. The maximum Gasteiger partial charge on any atom is 0.306 e. The van der Waals surface area contributed by atoms with Gasteiger partial charge in [-0.2, -0.15) is 0 Å². The molecule has 0 radical (unpaired) electrons. The average Bonchev–Trinajstić information content (AvgIpc) is 3.34. The molecule has 0 bridgehead atoms. The SMILES string of the molecule is CCCCCCCCCCCCC(=O)OC1CCC2(C)C(=CCC3C2CCC2(C)C(C(C)CCC(C)C(C)C)CCC32)C1. The van der Waals surface area contributed by atoms with Gasteiger partial charge in [0.25, 0.3) is 0 Å². The second-order valence-corrected chi connectivity index (χ2v) is 17.1. The van der Waals surface area contributed by atoms with Crippen LogP contribution < -0.4 is 0 Å². The summed E-state index contributed by atoms with van der Waals surface area (Å²) in [7, 11) is 0. The summed E-state index contributed by atoms with van der Waals surface area (Å²) in [5.41, 5.74) is 2.52. The second-order valence-electron chi connectivity index (χ2n) is 17.1. The van der Waals surface area contributed by atoms with E-state index in [2.05, 4.69) is 54.5 Å². The normalized spacial score (nSPS) is 35.1. The third-order valence-electron chi connectivity index (χ3n) is 14.1. The summed E-state index contributed by atoms with van der Waals surface area (Å²) in [5, 5.41) is 0. The maximum atomic E-state index is 12.7. The Morgan fingerprint density at radius 3 is 2.19 bits per heavy atom. The van der Waals surface area contributed by atoms with Crippen LogP contribution in [0.2, 0.25) is 0 Å². The molecule has 43 heavy (non-hydrogen) atoms. The van der Waals surface area contributed by atoms with Crippen LogP contribution in [0.25, 0.3) is 0 Å². The Balaban J connectivity index is 1.22. The summed E-state index contributed by atoms with van der Waals surface area (Å²) in [6.45, 7) is 17.4. The van der Waals surface area contributed by atoms with Crippen LogP contribution in [0, 0.1) is 52.3 Å². The highest BCUT2D eigenvalue weighted by Gasteiger charge is 2.59. The number of carbonyl (C=O) groups is 1. The summed E-state index contributed by atoms with van der Waals surface area (Å²) < 4.78 is 6.10. The first kappa shape index (κ1) is 35.1. The smallest absolute Gasteiger partial charge is 0.306 e. The molecule has 4 aliphatic carbocycles. The van der Waals surface area contributed by atoms with E-state index in [1.807, 2.05) is 0 Å². The molecule has 0 saturated heterocycles. The summed E-state index contributed by atoms with van der Waals surface area (Å²) in [5.74, 6) is 6.11. The van der Waals surface area contributed by atoms with E-state index in [9.17, 15) is 4.79 Å². The number of ether oxygens (including phenoxy) is 1. The fourth-order valence-corrected chi connectivity index (χ4v) is 10.8. The summed E-state index contributed by atoms with van der Waals surface area (Å²) in [4.78, 5) is 12.7. The molecule has 4 rings (SSSR count). The number of hydrogen-bond acceptors (Lipinski definition) is 2. The van der Waals surface area contributed by atoms with Crippen LogP contribution in [-0.4, -0.2) is 12.1 Å². The van der Waals surface area contributed by atoms with E-state index in [1.165, 1.54) is 109 Å². The van der Waals surface area contributed by atoms with Crippen LogP contribution in [-0.2, 0) is 9.53 Å². The van der Waals surface area contributed by atoms with Crippen molar-refractivity contribution in [3.8, 4) is 0 Å². The predicted molar refractivity (Wildman–Crippen MR) is 184 cm³/mol. The van der Waals surface area contributed by atoms with Crippen LogP contribution in [0.1, 0.15) is 183 Å². The molecule has 0 spiro atoms. The number of allylic oxidation sites excluding steroid dienone is 1. The molecule has 0 heterocycles. The fourth-order valence-electron chi connectivity index (χ4n) is 10.8. The Morgan fingerprint density at radius 2 is 1.51 bits per heavy atom. The number of fused-ring (bicyclic) bond motifs is 5. The highest BCUT2D eigenvalue weighted by Crippen LogP contribution is 2.67. The van der Waals surface area contributed by atoms with Crippen LogP contribution >= 0.6 is 0 Å². The van der Waals surface area contributed by atoms with E-state index in [-0.39, 0.29) is 12.1 Å². The van der Waals surface area contributed by atoms with Crippen LogP contribution in [0.4, 0.5) is 0 Å². The van der Waals surface area contributed by atoms with Crippen molar-refractivity contribution in [1.29, 1.82) is 0 Å². The van der Waals surface area contributed by atoms with Crippen LogP contribution in [0.3, 0.4) is 0 Å². The van der Waals surface area contributed by atoms with Gasteiger partial charge in [-0.05, 0) is 104 Å². The summed E-state index contributed by atoms with van der Waals surface area (Å²) in [6, 6.07) is 0. The monoisotopic (exact) mass is 597 g/mol. The molecule has 9 unspecified atom stereocenters. The van der Waals surface area contributed by atoms with E-state index >= 15 is 0 Å². The van der Waals surface area contributed by atoms with Crippen molar-refractivity contribution in [3.05, 3.63) is 11.6 Å². The van der Waals surface area contributed by atoms with Gasteiger partial charge in [0, 0.05) is 12.8 Å². The molecule has 0 amide bonds. The zero-order chi connectivity index (χ0) is 31.0. The number of rotatable bonds is 17. The van der Waals surface area contributed by atoms with Crippen molar-refractivity contribution in [1.82, 2.24) is 0 Å². The van der Waals surface area contributed by atoms with Gasteiger partial charge >= 0.3 is 5.97 Å². The van der Waals surface area contributed by atoms with E-state index in [4.69, 9.17) is 4.74 Å². The van der Waals surface area contributed by atoms with Crippen LogP contribution in [0.5, 0.6) is 0 Å². The topological polar surface area (TPSA) is 26.3 Å². The van der Waals surface area contributed by atoms with E-state index in [0.717, 1.165) is 60.7 Å². The Bertz CT molecular complexity index is 888. The Hall–Kier alpha value is -0.790. The highest BCUT2D eigenvalue weighted by atomic mass is 16.5. The van der Waals surface area contributed by atoms with Crippen molar-refractivity contribution in [2.75, 3.05) is 0 Å². The molecule has 0 aromatic carbocycles. The van der Waals surface area contributed by atoms with Crippen LogP contribution in [0.15, 0.2) is 11.6 Å². The van der Waals surface area contributed by atoms with Gasteiger partial charge in [-0.3, -0.25) is 4.79 Å². The lowest BCUT2D eigenvalue weighted by molar-refractivity contribution is -0.151. The first-order valence-electron chi connectivity index (χ1n) is 19.5. The molecular formula is C41H72O2. The molecule has 0 aromatic heterocycles. The Morgan fingerprint density at radius 1 is 0.837 bits per heavy atom. The lowest BCUT2D eigenvalue weighted by Crippen LogP contribution is -2.51. The molecule has 2 nitrogen and oxygen atoms in total. The minimum Gasteiger partial charge on any atom is -0.462 e. The number of carbonyl (C=O) groups excluding carboxylic acids is 1. The zero-order valence-corrected chi connectivity index (χ0v) is 29.9. The van der Waals surface area contributed by atoms with Gasteiger partial charge in [0.05, 0.1) is 0 Å². The quantitative estimate of drug-likeness (QED) is 0.0948. The van der Waals surface area contributed by atoms with E-state index < -0.39 is 0 Å². The first-order chi connectivity index (χ1) is 20.6. The maximum absolute atomic E-state index is 12.7. The first-order valence-corrected chi connectivity index (χ1v) is 19.5.